The normalized spacial score (nSPS) is 17.8. The number of rotatable bonds is 7. The topological polar surface area (TPSA) is 65.0 Å². The number of methoxy groups -OCH3 is 3. The molecule has 0 saturated carbocycles. The number of aliphatic hydroxyl groups excluding tert-OH is 1. The van der Waals surface area contributed by atoms with Crippen molar-refractivity contribution in [3.63, 3.8) is 0 Å². The van der Waals surface area contributed by atoms with Gasteiger partial charge in [0, 0.05) is 21.3 Å². The Hall–Kier alpha value is -0.490. The van der Waals surface area contributed by atoms with Gasteiger partial charge in [0.25, 0.3) is 0 Å². The van der Waals surface area contributed by atoms with Gasteiger partial charge in [-0.25, -0.2) is 0 Å². The Morgan fingerprint density at radius 3 is 2.23 bits per heavy atom. The maximum atomic E-state index is 10.5. The maximum absolute atomic E-state index is 10.5. The fourth-order valence-corrected chi connectivity index (χ4v) is 1.04. The molecule has 0 bridgehead atoms. The molecule has 5 heteroatoms. The van der Waals surface area contributed by atoms with Crippen molar-refractivity contribution in [3.8, 4) is 0 Å². The molecule has 13 heavy (non-hydrogen) atoms. The van der Waals surface area contributed by atoms with E-state index >= 15 is 0 Å². The summed E-state index contributed by atoms with van der Waals surface area (Å²) in [5.41, 5.74) is 0. The highest BCUT2D eigenvalue weighted by Gasteiger charge is 2.27. The molecule has 0 aliphatic rings. The number of carbonyl (C=O) groups excluding carboxylic acids is 1. The minimum Gasteiger partial charge on any atom is -0.388 e. The summed E-state index contributed by atoms with van der Waals surface area (Å²) in [4.78, 5) is 10.5. The molecule has 0 fully saturated rings. The molecule has 0 aromatic rings. The lowest BCUT2D eigenvalue weighted by Gasteiger charge is -2.24. The van der Waals surface area contributed by atoms with E-state index in [1.807, 2.05) is 0 Å². The first kappa shape index (κ1) is 12.5. The summed E-state index contributed by atoms with van der Waals surface area (Å²) in [5.74, 6) is 0. The molecule has 3 atom stereocenters. The van der Waals surface area contributed by atoms with Crippen LogP contribution in [0, 0.1) is 0 Å². The maximum Gasteiger partial charge on any atom is 0.151 e. The van der Waals surface area contributed by atoms with Crippen LogP contribution in [0.5, 0.6) is 0 Å². The zero-order valence-electron chi connectivity index (χ0n) is 8.10. The second-order valence-corrected chi connectivity index (χ2v) is 2.56. The molecule has 0 unspecified atom stereocenters. The van der Waals surface area contributed by atoms with E-state index in [4.69, 9.17) is 14.2 Å². The number of hydrogen-bond acceptors (Lipinski definition) is 5. The van der Waals surface area contributed by atoms with Crippen LogP contribution in [0.1, 0.15) is 0 Å². The van der Waals surface area contributed by atoms with Gasteiger partial charge in [-0.15, -0.1) is 0 Å². The Kier molecular flexibility index (Phi) is 6.70. The van der Waals surface area contributed by atoms with Crippen LogP contribution in [-0.4, -0.2) is 57.6 Å². The lowest BCUT2D eigenvalue weighted by Crippen LogP contribution is -2.43. The summed E-state index contributed by atoms with van der Waals surface area (Å²) in [7, 11) is 4.24. The van der Waals surface area contributed by atoms with Crippen molar-refractivity contribution in [3.05, 3.63) is 0 Å². The van der Waals surface area contributed by atoms with Gasteiger partial charge in [0.1, 0.15) is 18.3 Å². The summed E-state index contributed by atoms with van der Waals surface area (Å²) >= 11 is 0. The van der Waals surface area contributed by atoms with Gasteiger partial charge in [-0.1, -0.05) is 0 Å². The molecular weight excluding hydrogens is 176 g/mol. The summed E-state index contributed by atoms with van der Waals surface area (Å²) in [6, 6.07) is 0. The summed E-state index contributed by atoms with van der Waals surface area (Å²) in [6.07, 6.45) is -1.74. The molecule has 0 heterocycles. The third-order valence-electron chi connectivity index (χ3n) is 1.72. The van der Waals surface area contributed by atoms with Crippen LogP contribution in [0.3, 0.4) is 0 Å². The molecule has 0 radical (unpaired) electrons. The highest BCUT2D eigenvalue weighted by molar-refractivity contribution is 5.57. The summed E-state index contributed by atoms with van der Waals surface area (Å²) < 4.78 is 14.5. The fraction of sp³-hybridized carbons (Fsp3) is 0.875. The zero-order chi connectivity index (χ0) is 10.3. The highest BCUT2D eigenvalue weighted by atomic mass is 16.5. The monoisotopic (exact) mass is 192 g/mol. The third kappa shape index (κ3) is 3.82. The molecule has 0 amide bonds. The highest BCUT2D eigenvalue weighted by Crippen LogP contribution is 2.06. The molecule has 0 aliphatic carbocycles. The van der Waals surface area contributed by atoms with Crippen molar-refractivity contribution in [1.29, 1.82) is 0 Å². The van der Waals surface area contributed by atoms with Crippen molar-refractivity contribution >= 4 is 6.29 Å². The van der Waals surface area contributed by atoms with E-state index in [1.165, 1.54) is 21.3 Å². The van der Waals surface area contributed by atoms with Crippen molar-refractivity contribution in [2.24, 2.45) is 0 Å². The van der Waals surface area contributed by atoms with E-state index in [2.05, 4.69) is 0 Å². The fourth-order valence-electron chi connectivity index (χ4n) is 1.04. The molecular formula is C8H16O5. The van der Waals surface area contributed by atoms with Crippen molar-refractivity contribution in [2.75, 3.05) is 27.9 Å². The van der Waals surface area contributed by atoms with Gasteiger partial charge >= 0.3 is 0 Å². The molecule has 5 nitrogen and oxygen atoms in total. The predicted molar refractivity (Wildman–Crippen MR) is 45.5 cm³/mol. The largest absolute Gasteiger partial charge is 0.388 e. The van der Waals surface area contributed by atoms with Gasteiger partial charge in [-0.3, -0.25) is 0 Å². The predicted octanol–water partition coefficient (Wildman–Crippen LogP) is -0.777. The van der Waals surface area contributed by atoms with Crippen molar-refractivity contribution < 1.29 is 24.1 Å². The van der Waals surface area contributed by atoms with Crippen LogP contribution in [0.15, 0.2) is 0 Å². The lowest BCUT2D eigenvalue weighted by molar-refractivity contribution is -0.138. The number of hydrogen-bond donors (Lipinski definition) is 1. The minimum absolute atomic E-state index is 0.103. The molecule has 0 rings (SSSR count). The van der Waals surface area contributed by atoms with E-state index in [9.17, 15) is 9.90 Å². The van der Waals surface area contributed by atoms with Gasteiger partial charge in [0.05, 0.1) is 6.61 Å². The average Bonchev–Trinajstić information content (AvgIpc) is 2.14. The Bertz CT molecular complexity index is 138. The van der Waals surface area contributed by atoms with Crippen LogP contribution >= 0.6 is 0 Å². The van der Waals surface area contributed by atoms with E-state index in [0.29, 0.717) is 6.29 Å². The molecule has 78 valence electrons. The number of aldehydes is 1. The number of ether oxygens (including phenoxy) is 3. The van der Waals surface area contributed by atoms with E-state index < -0.39 is 18.3 Å². The lowest BCUT2D eigenvalue weighted by atomic mass is 10.1. The van der Waals surface area contributed by atoms with Crippen LogP contribution < -0.4 is 0 Å². The van der Waals surface area contributed by atoms with Crippen molar-refractivity contribution in [2.45, 2.75) is 18.3 Å². The zero-order valence-corrected chi connectivity index (χ0v) is 8.10. The van der Waals surface area contributed by atoms with Gasteiger partial charge in [0.2, 0.25) is 0 Å². The number of aliphatic hydroxyl groups is 1. The van der Waals surface area contributed by atoms with Crippen molar-refractivity contribution in [1.82, 2.24) is 0 Å². The Morgan fingerprint density at radius 1 is 1.31 bits per heavy atom. The first-order valence-corrected chi connectivity index (χ1v) is 3.89. The Labute approximate surface area is 77.6 Å². The Morgan fingerprint density at radius 2 is 1.92 bits per heavy atom. The second kappa shape index (κ2) is 6.97. The molecule has 0 saturated heterocycles. The van der Waals surface area contributed by atoms with Crippen LogP contribution in [-0.2, 0) is 19.0 Å². The summed E-state index contributed by atoms with van der Waals surface area (Å²) in [6.45, 7) is 0.103. The van der Waals surface area contributed by atoms with Crippen LogP contribution in [0.25, 0.3) is 0 Å². The Balaban J connectivity index is 4.19. The van der Waals surface area contributed by atoms with Crippen LogP contribution in [0.2, 0.25) is 0 Å². The molecule has 0 aliphatic heterocycles. The van der Waals surface area contributed by atoms with Gasteiger partial charge in [-0.05, 0) is 0 Å². The van der Waals surface area contributed by atoms with Crippen LogP contribution in [0.4, 0.5) is 0 Å². The van der Waals surface area contributed by atoms with E-state index in [-0.39, 0.29) is 6.61 Å². The SMILES string of the molecule is COC[C@@H](O)[C@@H](OC)[C@H](C=O)OC. The molecule has 0 aromatic heterocycles. The average molecular weight is 192 g/mol. The quantitative estimate of drug-likeness (QED) is 0.536. The van der Waals surface area contributed by atoms with Gasteiger partial charge < -0.3 is 24.1 Å². The summed E-state index contributed by atoms with van der Waals surface area (Å²) in [5, 5.41) is 9.45. The molecule has 0 aromatic carbocycles. The third-order valence-corrected chi connectivity index (χ3v) is 1.72. The first-order valence-electron chi connectivity index (χ1n) is 3.89. The molecule has 1 N–H and O–H groups in total. The van der Waals surface area contributed by atoms with Gasteiger partial charge in [0.15, 0.2) is 6.29 Å². The first-order chi connectivity index (χ1) is 6.21. The smallest absolute Gasteiger partial charge is 0.151 e. The van der Waals surface area contributed by atoms with Gasteiger partial charge in [-0.2, -0.15) is 0 Å². The minimum atomic E-state index is -0.870. The van der Waals surface area contributed by atoms with E-state index in [1.54, 1.807) is 0 Å². The standard InChI is InChI=1S/C8H16O5/c1-11-5-6(10)8(13-3)7(4-9)12-2/h4,6-8,10H,5H2,1-3H3/t6-,7+,8-/m1/s1. The second-order valence-electron chi connectivity index (χ2n) is 2.56. The molecule has 0 spiro atoms. The van der Waals surface area contributed by atoms with E-state index in [0.717, 1.165) is 0 Å². The number of carbonyl (C=O) groups is 1.